The summed E-state index contributed by atoms with van der Waals surface area (Å²) in [6, 6.07) is 14.8. The molecule has 1 aromatic heterocycles. The van der Waals surface area contributed by atoms with Crippen LogP contribution in [0, 0.1) is 23.0 Å². The Morgan fingerprint density at radius 2 is 1.84 bits per heavy atom. The molecule has 0 radical (unpaired) electrons. The zero-order valence-corrected chi connectivity index (χ0v) is 27.0. The minimum Gasteiger partial charge on any atom is -0.502 e. The smallest absolute Gasteiger partial charge is 0.311 e. The van der Waals surface area contributed by atoms with Crippen molar-refractivity contribution in [2.45, 2.75) is 44.2 Å². The molecule has 0 saturated carbocycles. The van der Waals surface area contributed by atoms with E-state index < -0.39 is 44.4 Å². The van der Waals surface area contributed by atoms with Crippen LogP contribution in [0.25, 0.3) is 11.1 Å². The van der Waals surface area contributed by atoms with E-state index in [4.69, 9.17) is 4.42 Å². The predicted octanol–water partition coefficient (Wildman–Crippen LogP) is 2.06. The molecule has 0 aliphatic rings. The molecular weight excluding hydrogens is 639 g/mol. The van der Waals surface area contributed by atoms with Gasteiger partial charge in [0, 0.05) is 17.2 Å². The third-order valence-corrected chi connectivity index (χ3v) is 9.25. The van der Waals surface area contributed by atoms with Gasteiger partial charge in [-0.2, -0.15) is 0 Å². The van der Waals surface area contributed by atoms with E-state index in [-0.39, 0.29) is 41.5 Å². The van der Waals surface area contributed by atoms with Crippen LogP contribution in [0.5, 0.6) is 5.75 Å². The van der Waals surface area contributed by atoms with Gasteiger partial charge in [-0.25, -0.2) is 0 Å². The zero-order chi connectivity index (χ0) is 31.5. The van der Waals surface area contributed by atoms with Gasteiger partial charge in [0.1, 0.15) is 0 Å². The number of rotatable bonds is 12. The number of aliphatic hydroxyl groups excluding tert-OH is 1. The Balaban J connectivity index is 1.65. The Bertz CT molecular complexity index is 1740. The van der Waals surface area contributed by atoms with E-state index in [0.717, 1.165) is 11.6 Å². The number of amides is 1. The maximum atomic E-state index is 13.8. The van der Waals surface area contributed by atoms with Gasteiger partial charge in [0.2, 0.25) is 0 Å². The Kier molecular flexibility index (Phi) is 9.91. The molecule has 12 nitrogen and oxygen atoms in total. The fourth-order valence-electron chi connectivity index (χ4n) is 4.72. The molecular formula is C29H33AsN4O8S. The third kappa shape index (κ3) is 7.42. The number of hydrogen-bond acceptors (Lipinski definition) is 9. The second-order valence-electron chi connectivity index (χ2n) is 10.6. The summed E-state index contributed by atoms with van der Waals surface area (Å²) in [5, 5.41) is 35.7. The van der Waals surface area contributed by atoms with Crippen LogP contribution < -0.4 is 10.00 Å². The van der Waals surface area contributed by atoms with E-state index >= 15 is 0 Å². The number of phenolic OH excluding ortho intramolecular Hbond substituents is 1. The van der Waals surface area contributed by atoms with Gasteiger partial charge >= 0.3 is 167 Å². The first-order chi connectivity index (χ1) is 20.3. The fourth-order valence-corrected chi connectivity index (χ4v) is 6.92. The molecule has 3 atom stereocenters. The van der Waals surface area contributed by atoms with Crippen LogP contribution in [-0.2, 0) is 16.4 Å². The topological polar surface area (TPSA) is 176 Å². The number of nitrogens with zero attached hydrogens (tertiary/aromatic N) is 3. The average molecular weight is 673 g/mol. The zero-order valence-electron chi connectivity index (χ0n) is 23.8. The number of nitrogens with one attached hydrogen (secondary N) is 1. The SMILES string of the molecule is Cc1c(C(=O)NC(Cc2ccccc2)C(O)CN(CC(C)C)S(=O)(=O)c2ccc3nc([AsH2])oc3c2)ccc([N+](=O)[O-])c1O. The minimum absolute atomic E-state index is 0.00269. The van der Waals surface area contributed by atoms with Gasteiger partial charge < -0.3 is 5.11 Å². The summed E-state index contributed by atoms with van der Waals surface area (Å²) in [6.45, 7) is 4.85. The molecule has 0 aliphatic carbocycles. The van der Waals surface area contributed by atoms with Gasteiger partial charge in [0.25, 0.3) is 0 Å². The molecule has 14 heteroatoms. The van der Waals surface area contributed by atoms with E-state index in [1.54, 1.807) is 18.2 Å². The van der Waals surface area contributed by atoms with E-state index in [1.165, 1.54) is 46.3 Å². The predicted molar refractivity (Wildman–Crippen MR) is 163 cm³/mol. The Labute approximate surface area is 257 Å². The summed E-state index contributed by atoms with van der Waals surface area (Å²) in [5.74, 6) is -1.41. The Morgan fingerprint density at radius 3 is 2.49 bits per heavy atom. The minimum atomic E-state index is -4.10. The molecule has 3 N–H and O–H groups in total. The van der Waals surface area contributed by atoms with Crippen molar-refractivity contribution in [3.05, 3.63) is 87.5 Å². The van der Waals surface area contributed by atoms with Crippen molar-refractivity contribution in [1.82, 2.24) is 14.6 Å². The fraction of sp³-hybridized carbons (Fsp3) is 0.310. The van der Waals surface area contributed by atoms with Gasteiger partial charge in [0.15, 0.2) is 5.75 Å². The molecule has 1 amide bonds. The summed E-state index contributed by atoms with van der Waals surface area (Å²) in [5.41, 5.74) is 1.10. The number of benzene rings is 3. The Morgan fingerprint density at radius 1 is 1.14 bits per heavy atom. The maximum Gasteiger partial charge on any atom is 0.311 e. The van der Waals surface area contributed by atoms with Crippen molar-refractivity contribution >= 4 is 54.2 Å². The molecule has 1 heterocycles. The van der Waals surface area contributed by atoms with Crippen LogP contribution in [0.1, 0.15) is 35.3 Å². The summed E-state index contributed by atoms with van der Waals surface area (Å²) in [7, 11) is -4.10. The number of aromatic nitrogens is 1. The van der Waals surface area contributed by atoms with Gasteiger partial charge in [-0.1, -0.05) is 30.3 Å². The van der Waals surface area contributed by atoms with Crippen LogP contribution in [-0.4, -0.2) is 80.8 Å². The number of nitro groups is 1. The average Bonchev–Trinajstić information content (AvgIpc) is 3.33. The summed E-state index contributed by atoms with van der Waals surface area (Å²) >= 11 is 1.17. The number of nitro benzene ring substituents is 1. The van der Waals surface area contributed by atoms with Crippen LogP contribution in [0.2, 0.25) is 0 Å². The van der Waals surface area contributed by atoms with Crippen molar-refractivity contribution in [1.29, 1.82) is 0 Å². The molecule has 4 rings (SSSR count). The Hall–Kier alpha value is -3.77. The van der Waals surface area contributed by atoms with E-state index in [2.05, 4.69) is 10.3 Å². The number of oxazole rings is 1. The molecule has 228 valence electrons. The molecule has 3 unspecified atom stereocenters. The number of phenols is 1. The second-order valence-corrected chi connectivity index (χ2v) is 13.6. The summed E-state index contributed by atoms with van der Waals surface area (Å²) in [4.78, 5) is 28.0. The van der Waals surface area contributed by atoms with Crippen LogP contribution >= 0.6 is 0 Å². The molecule has 0 spiro atoms. The van der Waals surface area contributed by atoms with Crippen molar-refractivity contribution in [2.75, 3.05) is 13.1 Å². The van der Waals surface area contributed by atoms with Gasteiger partial charge in [-0.05, 0) is 13.0 Å². The second kappa shape index (κ2) is 13.3. The summed E-state index contributed by atoms with van der Waals surface area (Å²) in [6.07, 6.45) is -1.20. The number of carbonyl (C=O) groups is 1. The number of hydrogen-bond donors (Lipinski definition) is 3. The first-order valence-corrected chi connectivity index (χ1v) is 16.1. The first-order valence-electron chi connectivity index (χ1n) is 13.4. The van der Waals surface area contributed by atoms with Crippen molar-refractivity contribution < 1.29 is 32.8 Å². The molecule has 4 aromatic rings. The molecule has 0 fully saturated rings. The number of aliphatic hydroxyl groups is 1. The van der Waals surface area contributed by atoms with Gasteiger partial charge in [-0.3, -0.25) is 14.9 Å². The van der Waals surface area contributed by atoms with Crippen molar-refractivity contribution in [2.24, 2.45) is 5.92 Å². The summed E-state index contributed by atoms with van der Waals surface area (Å²) < 4.78 is 34.9. The van der Waals surface area contributed by atoms with Crippen molar-refractivity contribution in [3.8, 4) is 5.75 Å². The largest absolute Gasteiger partial charge is 0.502 e. The molecule has 3 aromatic carbocycles. The van der Waals surface area contributed by atoms with Crippen LogP contribution in [0.4, 0.5) is 5.69 Å². The maximum absolute atomic E-state index is 13.8. The normalized spacial score (nSPS) is 13.4. The van der Waals surface area contributed by atoms with E-state index in [1.807, 2.05) is 32.0 Å². The monoisotopic (exact) mass is 672 g/mol. The van der Waals surface area contributed by atoms with Crippen LogP contribution in [0.15, 0.2) is 70.0 Å². The third-order valence-electron chi connectivity index (χ3n) is 6.90. The number of carbonyl (C=O) groups excluding carboxylic acids is 1. The molecule has 0 bridgehead atoms. The quantitative estimate of drug-likeness (QED) is 0.116. The molecule has 43 heavy (non-hydrogen) atoms. The number of aromatic hydroxyl groups is 1. The number of sulfonamides is 1. The van der Waals surface area contributed by atoms with Gasteiger partial charge in [0.05, 0.1) is 4.92 Å². The molecule has 0 saturated heterocycles. The standard InChI is InChI=1S/C29H33AsN4O8S/c1-17(2)15-33(43(40,41)20-9-11-22-26(14-20)42-29(30)32-22)16-25(35)23(13-19-7-5-4-6-8-19)31-28(37)21-10-12-24(34(38)39)27(36)18(21)3/h4-12,14,17,23,25,35-36H,13,15-16,30H2,1-3H3,(H,31,37). The molecule has 0 aliphatic heterocycles. The van der Waals surface area contributed by atoms with Gasteiger partial charge in [-0.15, -0.1) is 0 Å². The van der Waals surface area contributed by atoms with E-state index in [9.17, 15) is 33.5 Å². The van der Waals surface area contributed by atoms with Crippen LogP contribution in [0.3, 0.4) is 0 Å². The van der Waals surface area contributed by atoms with Crippen molar-refractivity contribution in [3.63, 3.8) is 0 Å². The van der Waals surface area contributed by atoms with E-state index in [0.29, 0.717) is 15.8 Å². The first kappa shape index (κ1) is 32.1. The number of fused-ring (bicyclic) bond motifs is 1.